The van der Waals surface area contributed by atoms with Gasteiger partial charge in [0.25, 0.3) is 0 Å². The third-order valence-corrected chi connectivity index (χ3v) is 3.67. The lowest BCUT2D eigenvalue weighted by Crippen LogP contribution is -1.81. The number of benzene rings is 1. The first-order chi connectivity index (χ1) is 6.68. The Morgan fingerprint density at radius 1 is 1.36 bits per heavy atom. The van der Waals surface area contributed by atoms with Crippen molar-refractivity contribution in [3.8, 4) is 11.3 Å². The molecule has 1 aromatic heterocycles. The molecule has 0 radical (unpaired) electrons. The second kappa shape index (κ2) is 4.01. The highest BCUT2D eigenvalue weighted by Gasteiger charge is 2.10. The van der Waals surface area contributed by atoms with Gasteiger partial charge in [-0.2, -0.15) is 0 Å². The van der Waals surface area contributed by atoms with Gasteiger partial charge in [0.05, 0.1) is 5.69 Å². The van der Waals surface area contributed by atoms with Crippen LogP contribution >= 0.6 is 38.9 Å². The number of nitrogens with zero attached hydrogens (tertiary/aromatic N) is 1. The summed E-state index contributed by atoms with van der Waals surface area (Å²) in [6, 6.07) is 8.01. The van der Waals surface area contributed by atoms with E-state index >= 15 is 0 Å². The number of thiazole rings is 1. The standard InChI is InChI=1S/C10H7BrClNS/c1-6-9(13-10(12)14-6)7-4-2-3-5-8(7)11/h2-5H,1H3. The summed E-state index contributed by atoms with van der Waals surface area (Å²) in [6.45, 7) is 2.03. The molecule has 0 amide bonds. The Morgan fingerprint density at radius 3 is 2.64 bits per heavy atom. The van der Waals surface area contributed by atoms with Crippen LogP contribution in [-0.4, -0.2) is 4.98 Å². The van der Waals surface area contributed by atoms with Gasteiger partial charge in [-0.25, -0.2) is 4.98 Å². The molecule has 0 unspecified atom stereocenters. The first kappa shape index (κ1) is 10.1. The minimum Gasteiger partial charge on any atom is -0.225 e. The molecule has 4 heteroatoms. The van der Waals surface area contributed by atoms with Gasteiger partial charge in [-0.1, -0.05) is 45.7 Å². The normalized spacial score (nSPS) is 10.5. The summed E-state index contributed by atoms with van der Waals surface area (Å²) in [5.41, 5.74) is 2.06. The molecule has 72 valence electrons. The van der Waals surface area contributed by atoms with Crippen molar-refractivity contribution in [1.29, 1.82) is 0 Å². The number of halogens is 2. The average molecular weight is 289 g/mol. The molecule has 0 atom stereocenters. The molecule has 1 heterocycles. The Bertz CT molecular complexity index is 467. The van der Waals surface area contributed by atoms with Crippen LogP contribution in [0.3, 0.4) is 0 Å². The van der Waals surface area contributed by atoms with Crippen LogP contribution in [0.4, 0.5) is 0 Å². The predicted octanol–water partition coefficient (Wildman–Crippen LogP) is 4.53. The predicted molar refractivity (Wildman–Crippen MR) is 65.0 cm³/mol. The summed E-state index contributed by atoms with van der Waals surface area (Å²) >= 11 is 10.9. The first-order valence-electron chi connectivity index (χ1n) is 4.06. The lowest BCUT2D eigenvalue weighted by molar-refractivity contribution is 1.37. The van der Waals surface area contributed by atoms with Gasteiger partial charge in [0.2, 0.25) is 0 Å². The van der Waals surface area contributed by atoms with E-state index in [1.807, 2.05) is 31.2 Å². The number of aryl methyl sites for hydroxylation is 1. The van der Waals surface area contributed by atoms with Crippen molar-refractivity contribution in [3.63, 3.8) is 0 Å². The van der Waals surface area contributed by atoms with Crippen LogP contribution in [0.2, 0.25) is 4.47 Å². The van der Waals surface area contributed by atoms with E-state index in [1.165, 1.54) is 11.3 Å². The summed E-state index contributed by atoms with van der Waals surface area (Å²) in [5, 5.41) is 0. The second-order valence-corrected chi connectivity index (χ2v) is 5.49. The third-order valence-electron chi connectivity index (χ3n) is 1.90. The van der Waals surface area contributed by atoms with Crippen LogP contribution in [0.15, 0.2) is 28.7 Å². The number of rotatable bonds is 1. The summed E-state index contributed by atoms with van der Waals surface area (Å²) in [4.78, 5) is 5.44. The fourth-order valence-corrected chi connectivity index (χ4v) is 2.81. The van der Waals surface area contributed by atoms with E-state index in [0.717, 1.165) is 20.6 Å². The maximum absolute atomic E-state index is 5.86. The topological polar surface area (TPSA) is 12.9 Å². The van der Waals surface area contributed by atoms with Crippen molar-refractivity contribution in [2.24, 2.45) is 0 Å². The van der Waals surface area contributed by atoms with Crippen LogP contribution in [-0.2, 0) is 0 Å². The van der Waals surface area contributed by atoms with Crippen LogP contribution in [0, 0.1) is 6.92 Å². The van der Waals surface area contributed by atoms with Gasteiger partial charge in [0, 0.05) is 14.9 Å². The molecule has 0 bridgehead atoms. The lowest BCUT2D eigenvalue weighted by Gasteiger charge is -2.00. The van der Waals surface area contributed by atoms with Gasteiger partial charge in [0.1, 0.15) is 0 Å². The highest BCUT2D eigenvalue weighted by molar-refractivity contribution is 9.10. The van der Waals surface area contributed by atoms with Gasteiger partial charge in [-0.05, 0) is 13.0 Å². The molecular weight excluding hydrogens is 282 g/mol. The maximum atomic E-state index is 5.86. The van der Waals surface area contributed by atoms with E-state index in [-0.39, 0.29) is 0 Å². The molecule has 2 aromatic rings. The quantitative estimate of drug-likeness (QED) is 0.751. The Balaban J connectivity index is 2.60. The molecule has 1 aromatic carbocycles. The van der Waals surface area contributed by atoms with Gasteiger partial charge >= 0.3 is 0 Å². The highest BCUT2D eigenvalue weighted by atomic mass is 79.9. The summed E-state index contributed by atoms with van der Waals surface area (Å²) in [6.07, 6.45) is 0. The SMILES string of the molecule is Cc1sc(Cl)nc1-c1ccccc1Br. The maximum Gasteiger partial charge on any atom is 0.184 e. The molecule has 0 spiro atoms. The highest BCUT2D eigenvalue weighted by Crippen LogP contribution is 2.33. The second-order valence-electron chi connectivity index (χ2n) is 2.85. The molecule has 0 saturated heterocycles. The number of hydrogen-bond acceptors (Lipinski definition) is 2. The Kier molecular flexibility index (Phi) is 2.91. The molecule has 0 N–H and O–H groups in total. The van der Waals surface area contributed by atoms with E-state index in [0.29, 0.717) is 4.47 Å². The fourth-order valence-electron chi connectivity index (χ4n) is 1.27. The zero-order valence-corrected chi connectivity index (χ0v) is 10.6. The van der Waals surface area contributed by atoms with E-state index < -0.39 is 0 Å². The van der Waals surface area contributed by atoms with Crippen molar-refractivity contribution in [2.45, 2.75) is 6.92 Å². The van der Waals surface area contributed by atoms with Gasteiger partial charge in [-0.15, -0.1) is 11.3 Å². The fraction of sp³-hybridized carbons (Fsp3) is 0.100. The van der Waals surface area contributed by atoms with E-state index in [9.17, 15) is 0 Å². The van der Waals surface area contributed by atoms with Gasteiger partial charge in [-0.3, -0.25) is 0 Å². The molecule has 0 fully saturated rings. The Labute approximate surface area is 99.9 Å². The molecule has 1 nitrogen and oxygen atoms in total. The molecule has 2 rings (SSSR count). The van der Waals surface area contributed by atoms with Gasteiger partial charge < -0.3 is 0 Å². The number of hydrogen-bond donors (Lipinski definition) is 0. The Hall–Kier alpha value is -0.380. The molecule has 14 heavy (non-hydrogen) atoms. The minimum absolute atomic E-state index is 0.591. The smallest absolute Gasteiger partial charge is 0.184 e. The summed E-state index contributed by atoms with van der Waals surface area (Å²) in [5.74, 6) is 0. The summed E-state index contributed by atoms with van der Waals surface area (Å²) < 4.78 is 1.64. The zero-order chi connectivity index (χ0) is 10.1. The van der Waals surface area contributed by atoms with Crippen molar-refractivity contribution in [3.05, 3.63) is 38.1 Å². The molecule has 0 aliphatic rings. The van der Waals surface area contributed by atoms with Crippen molar-refractivity contribution >= 4 is 38.9 Å². The molecular formula is C10H7BrClNS. The van der Waals surface area contributed by atoms with Crippen molar-refractivity contribution in [1.82, 2.24) is 4.98 Å². The lowest BCUT2D eigenvalue weighted by atomic mass is 10.1. The first-order valence-corrected chi connectivity index (χ1v) is 6.05. The monoisotopic (exact) mass is 287 g/mol. The van der Waals surface area contributed by atoms with Crippen LogP contribution < -0.4 is 0 Å². The zero-order valence-electron chi connectivity index (χ0n) is 7.42. The van der Waals surface area contributed by atoms with Crippen molar-refractivity contribution in [2.75, 3.05) is 0 Å². The molecule has 0 aliphatic carbocycles. The number of aromatic nitrogens is 1. The van der Waals surface area contributed by atoms with Crippen LogP contribution in [0.5, 0.6) is 0 Å². The minimum atomic E-state index is 0.591. The van der Waals surface area contributed by atoms with E-state index in [1.54, 1.807) is 0 Å². The Morgan fingerprint density at radius 2 is 2.07 bits per heavy atom. The molecule has 0 aliphatic heterocycles. The summed E-state index contributed by atoms with van der Waals surface area (Å²) in [7, 11) is 0. The van der Waals surface area contributed by atoms with Crippen LogP contribution in [0.1, 0.15) is 4.88 Å². The third kappa shape index (κ3) is 1.85. The molecule has 0 saturated carbocycles. The average Bonchev–Trinajstić information content (AvgIpc) is 2.46. The van der Waals surface area contributed by atoms with E-state index in [2.05, 4.69) is 20.9 Å². The van der Waals surface area contributed by atoms with Gasteiger partial charge in [0.15, 0.2) is 4.47 Å². The van der Waals surface area contributed by atoms with Crippen molar-refractivity contribution < 1.29 is 0 Å². The van der Waals surface area contributed by atoms with Crippen LogP contribution in [0.25, 0.3) is 11.3 Å². The van der Waals surface area contributed by atoms with E-state index in [4.69, 9.17) is 11.6 Å². The largest absolute Gasteiger partial charge is 0.225 e.